The summed E-state index contributed by atoms with van der Waals surface area (Å²) in [5.74, 6) is -0.476. The van der Waals surface area contributed by atoms with Crippen LogP contribution in [0.1, 0.15) is 11.1 Å². The quantitative estimate of drug-likeness (QED) is 0.855. The number of hydrogen-bond acceptors (Lipinski definition) is 3. The van der Waals surface area contributed by atoms with Crippen molar-refractivity contribution in [1.29, 1.82) is 0 Å². The Bertz CT molecular complexity index is 664. The number of carbonyl (C=O) groups excluding carboxylic acids is 1. The number of alkyl halides is 3. The zero-order valence-corrected chi connectivity index (χ0v) is 11.1. The Morgan fingerprint density at radius 3 is 2.71 bits per heavy atom. The van der Waals surface area contributed by atoms with E-state index in [9.17, 15) is 18.0 Å². The zero-order valence-electron chi connectivity index (χ0n) is 11.1. The molecule has 21 heavy (non-hydrogen) atoms. The lowest BCUT2D eigenvalue weighted by Gasteiger charge is -2.12. The first-order chi connectivity index (χ1) is 9.75. The number of amides is 1. The number of benzene rings is 1. The van der Waals surface area contributed by atoms with Crippen LogP contribution in [0.25, 0.3) is 0 Å². The van der Waals surface area contributed by atoms with Gasteiger partial charge in [0.1, 0.15) is 6.54 Å². The van der Waals surface area contributed by atoms with Crippen molar-refractivity contribution in [3.8, 4) is 0 Å². The summed E-state index contributed by atoms with van der Waals surface area (Å²) in [5.41, 5.74) is 4.84. The number of aromatic nitrogens is 2. The van der Waals surface area contributed by atoms with Gasteiger partial charge in [0.2, 0.25) is 5.91 Å². The van der Waals surface area contributed by atoms with Gasteiger partial charge in [-0.1, -0.05) is 0 Å². The highest BCUT2D eigenvalue weighted by molar-refractivity contribution is 5.90. The fourth-order valence-electron chi connectivity index (χ4n) is 1.78. The van der Waals surface area contributed by atoms with E-state index in [4.69, 9.17) is 5.73 Å². The molecule has 1 aromatic heterocycles. The summed E-state index contributed by atoms with van der Waals surface area (Å²) in [7, 11) is 0. The Labute approximate surface area is 118 Å². The van der Waals surface area contributed by atoms with Crippen LogP contribution in [0.4, 0.5) is 24.5 Å². The molecule has 1 amide bonds. The van der Waals surface area contributed by atoms with Crippen LogP contribution in [0.5, 0.6) is 0 Å². The van der Waals surface area contributed by atoms with E-state index in [1.807, 2.05) is 6.92 Å². The summed E-state index contributed by atoms with van der Waals surface area (Å²) < 4.78 is 39.5. The molecule has 0 aliphatic heterocycles. The van der Waals surface area contributed by atoms with Crippen molar-refractivity contribution in [2.75, 3.05) is 11.1 Å². The van der Waals surface area contributed by atoms with Crippen molar-refractivity contribution >= 4 is 17.3 Å². The molecule has 0 radical (unpaired) electrons. The van der Waals surface area contributed by atoms with Crippen LogP contribution in [-0.2, 0) is 17.5 Å². The number of aryl methyl sites for hydroxylation is 1. The van der Waals surface area contributed by atoms with Gasteiger partial charge in [-0.05, 0) is 30.7 Å². The van der Waals surface area contributed by atoms with Crippen LogP contribution in [0.3, 0.4) is 0 Å². The maximum absolute atomic E-state index is 12.7. The van der Waals surface area contributed by atoms with Gasteiger partial charge >= 0.3 is 6.18 Å². The van der Waals surface area contributed by atoms with Crippen LogP contribution < -0.4 is 11.1 Å². The van der Waals surface area contributed by atoms with Gasteiger partial charge in [0, 0.05) is 17.6 Å². The molecule has 112 valence electrons. The first kappa shape index (κ1) is 14.9. The minimum atomic E-state index is -4.57. The topological polar surface area (TPSA) is 72.9 Å². The maximum atomic E-state index is 12.7. The Kier molecular flexibility index (Phi) is 3.88. The van der Waals surface area contributed by atoms with Gasteiger partial charge in [0.25, 0.3) is 0 Å². The number of nitrogens with zero attached hydrogens (tertiary/aromatic N) is 2. The second-order valence-electron chi connectivity index (χ2n) is 4.56. The average Bonchev–Trinajstić information content (AvgIpc) is 2.75. The maximum Gasteiger partial charge on any atom is 0.418 e. The molecule has 1 aromatic carbocycles. The van der Waals surface area contributed by atoms with E-state index in [0.29, 0.717) is 0 Å². The molecule has 0 aliphatic carbocycles. The summed E-state index contributed by atoms with van der Waals surface area (Å²) in [6.07, 6.45) is -1.33. The fourth-order valence-corrected chi connectivity index (χ4v) is 1.78. The first-order valence-electron chi connectivity index (χ1n) is 6.01. The highest BCUT2D eigenvalue weighted by Crippen LogP contribution is 2.35. The molecule has 1 heterocycles. The molecule has 0 spiro atoms. The Balaban J connectivity index is 2.11. The van der Waals surface area contributed by atoms with Gasteiger partial charge in [0.05, 0.1) is 11.8 Å². The number of nitrogens with one attached hydrogen (secondary N) is 1. The zero-order chi connectivity index (χ0) is 15.6. The minimum Gasteiger partial charge on any atom is -0.398 e. The number of nitrogens with two attached hydrogens (primary N) is 1. The minimum absolute atomic E-state index is 0.0328. The van der Waals surface area contributed by atoms with Gasteiger partial charge in [-0.25, -0.2) is 0 Å². The van der Waals surface area contributed by atoms with Gasteiger partial charge in [-0.15, -0.1) is 0 Å². The lowest BCUT2D eigenvalue weighted by molar-refractivity contribution is -0.136. The van der Waals surface area contributed by atoms with Gasteiger partial charge in [0.15, 0.2) is 0 Å². The Hall–Kier alpha value is -2.51. The van der Waals surface area contributed by atoms with E-state index in [1.165, 1.54) is 10.7 Å². The largest absolute Gasteiger partial charge is 0.418 e. The number of rotatable bonds is 3. The van der Waals surface area contributed by atoms with Crippen LogP contribution in [0.15, 0.2) is 30.6 Å². The molecule has 0 unspecified atom stereocenters. The standard InChI is InChI=1S/C13H13F3N4O/c1-8-5-18-20(6-8)7-12(21)19-9-2-3-11(17)10(4-9)13(14,15)16/h2-6H,7,17H2,1H3,(H,19,21). The van der Waals surface area contributed by atoms with Crippen LogP contribution in [0, 0.1) is 6.92 Å². The van der Waals surface area contributed by atoms with Crippen molar-refractivity contribution in [3.63, 3.8) is 0 Å². The molecule has 0 atom stereocenters. The molecule has 0 saturated carbocycles. The van der Waals surface area contributed by atoms with E-state index in [1.54, 1.807) is 12.4 Å². The van der Waals surface area contributed by atoms with Gasteiger partial charge < -0.3 is 11.1 Å². The third kappa shape index (κ3) is 3.74. The summed E-state index contributed by atoms with van der Waals surface area (Å²) in [6, 6.07) is 3.23. The average molecular weight is 298 g/mol. The fraction of sp³-hybridized carbons (Fsp3) is 0.231. The summed E-state index contributed by atoms with van der Waals surface area (Å²) in [6.45, 7) is 1.73. The van der Waals surface area contributed by atoms with Gasteiger partial charge in [-0.3, -0.25) is 9.48 Å². The number of hydrogen-bond donors (Lipinski definition) is 2. The molecule has 8 heteroatoms. The van der Waals surface area contributed by atoms with Crippen LogP contribution >= 0.6 is 0 Å². The van der Waals surface area contributed by atoms with Crippen molar-refractivity contribution in [3.05, 3.63) is 41.7 Å². The normalized spacial score (nSPS) is 11.4. The Morgan fingerprint density at radius 2 is 2.14 bits per heavy atom. The van der Waals surface area contributed by atoms with Crippen molar-refractivity contribution in [1.82, 2.24) is 9.78 Å². The van der Waals surface area contributed by atoms with E-state index in [0.717, 1.165) is 17.7 Å². The summed E-state index contributed by atoms with van der Waals surface area (Å²) >= 11 is 0. The highest BCUT2D eigenvalue weighted by Gasteiger charge is 2.33. The molecule has 0 bridgehead atoms. The monoisotopic (exact) mass is 298 g/mol. The predicted octanol–water partition coefficient (Wildman–Crippen LogP) is 2.43. The SMILES string of the molecule is Cc1cnn(CC(=O)Nc2ccc(N)c(C(F)(F)F)c2)c1. The number of nitrogen functional groups attached to an aromatic ring is 1. The molecular formula is C13H13F3N4O. The molecule has 0 saturated heterocycles. The lowest BCUT2D eigenvalue weighted by atomic mass is 10.1. The molecule has 2 rings (SSSR count). The van der Waals surface area contributed by atoms with E-state index >= 15 is 0 Å². The van der Waals surface area contributed by atoms with Crippen LogP contribution in [-0.4, -0.2) is 15.7 Å². The lowest BCUT2D eigenvalue weighted by Crippen LogP contribution is -2.19. The second kappa shape index (κ2) is 5.47. The van der Waals surface area contributed by atoms with E-state index < -0.39 is 17.6 Å². The molecule has 2 aromatic rings. The van der Waals surface area contributed by atoms with Crippen molar-refractivity contribution in [2.45, 2.75) is 19.6 Å². The first-order valence-corrected chi connectivity index (χ1v) is 6.01. The molecule has 0 fully saturated rings. The third-order valence-corrected chi connectivity index (χ3v) is 2.71. The second-order valence-corrected chi connectivity index (χ2v) is 4.56. The third-order valence-electron chi connectivity index (χ3n) is 2.71. The summed E-state index contributed by atoms with van der Waals surface area (Å²) in [5, 5.41) is 6.31. The smallest absolute Gasteiger partial charge is 0.398 e. The predicted molar refractivity (Wildman–Crippen MR) is 71.5 cm³/mol. The molecule has 3 N–H and O–H groups in total. The van der Waals surface area contributed by atoms with E-state index in [-0.39, 0.29) is 17.9 Å². The van der Waals surface area contributed by atoms with Crippen molar-refractivity contribution < 1.29 is 18.0 Å². The Morgan fingerprint density at radius 1 is 1.43 bits per heavy atom. The number of halogens is 3. The molecular weight excluding hydrogens is 285 g/mol. The van der Waals surface area contributed by atoms with Crippen LogP contribution in [0.2, 0.25) is 0 Å². The highest BCUT2D eigenvalue weighted by atomic mass is 19.4. The molecule has 5 nitrogen and oxygen atoms in total. The number of carbonyl (C=O) groups is 1. The van der Waals surface area contributed by atoms with E-state index in [2.05, 4.69) is 10.4 Å². The van der Waals surface area contributed by atoms with Gasteiger partial charge in [-0.2, -0.15) is 18.3 Å². The summed E-state index contributed by atoms with van der Waals surface area (Å²) in [4.78, 5) is 11.8. The molecule has 0 aliphatic rings. The number of anilines is 2. The van der Waals surface area contributed by atoms with Crippen molar-refractivity contribution in [2.24, 2.45) is 0 Å².